The first-order chi connectivity index (χ1) is 10.3. The van der Waals surface area contributed by atoms with Gasteiger partial charge in [0.1, 0.15) is 6.04 Å². The lowest BCUT2D eigenvalue weighted by molar-refractivity contribution is -0.143. The topological polar surface area (TPSA) is 69.2 Å². The third-order valence-electron chi connectivity index (χ3n) is 3.22. The van der Waals surface area contributed by atoms with Crippen molar-refractivity contribution >= 4 is 5.97 Å². The number of hydrogen-bond acceptors (Lipinski definition) is 3. The smallest absolute Gasteiger partial charge is 0.416 e. The van der Waals surface area contributed by atoms with Gasteiger partial charge in [-0.15, -0.1) is 0 Å². The number of carboxylic acids is 1. The van der Waals surface area contributed by atoms with Crippen molar-refractivity contribution in [2.24, 2.45) is 0 Å². The van der Waals surface area contributed by atoms with Crippen molar-refractivity contribution in [2.45, 2.75) is 18.8 Å². The highest BCUT2D eigenvalue weighted by molar-refractivity contribution is 5.75. The average molecular weight is 313 g/mol. The van der Waals surface area contributed by atoms with Crippen molar-refractivity contribution in [2.75, 3.05) is 7.05 Å². The maximum absolute atomic E-state index is 12.6. The Hall–Kier alpha value is -2.35. The quantitative estimate of drug-likeness (QED) is 0.890. The van der Waals surface area contributed by atoms with E-state index in [0.717, 1.165) is 17.7 Å². The molecule has 0 spiro atoms. The first-order valence-electron chi connectivity index (χ1n) is 6.37. The molecule has 0 aliphatic heterocycles. The van der Waals surface area contributed by atoms with E-state index in [9.17, 15) is 23.1 Å². The van der Waals surface area contributed by atoms with E-state index in [-0.39, 0.29) is 5.56 Å². The summed E-state index contributed by atoms with van der Waals surface area (Å²) in [6.07, 6.45) is -1.26. The molecule has 1 unspecified atom stereocenters. The van der Waals surface area contributed by atoms with Gasteiger partial charge in [-0.1, -0.05) is 12.1 Å². The number of rotatable bonds is 5. The minimum Gasteiger partial charge on any atom is -0.480 e. The van der Waals surface area contributed by atoms with Crippen LogP contribution in [0.1, 0.15) is 22.7 Å². The number of nitrogens with one attached hydrogen (secondary N) is 1. The number of H-pyrrole nitrogens is 1. The zero-order chi connectivity index (χ0) is 16.3. The number of carbonyl (C=O) groups is 1. The van der Waals surface area contributed by atoms with Crippen LogP contribution in [0.15, 0.2) is 36.7 Å². The van der Waals surface area contributed by atoms with Crippen LogP contribution in [0, 0.1) is 0 Å². The van der Waals surface area contributed by atoms with Gasteiger partial charge in [-0.25, -0.2) is 0 Å². The van der Waals surface area contributed by atoms with Crippen LogP contribution >= 0.6 is 0 Å². The zero-order valence-electron chi connectivity index (χ0n) is 11.6. The summed E-state index contributed by atoms with van der Waals surface area (Å²) in [5.74, 6) is -1.13. The zero-order valence-corrected chi connectivity index (χ0v) is 11.6. The predicted octanol–water partition coefficient (Wildman–Crippen LogP) is 2.69. The lowest BCUT2D eigenvalue weighted by atomic mass is 10.0. The van der Waals surface area contributed by atoms with Crippen LogP contribution in [0.3, 0.4) is 0 Å². The van der Waals surface area contributed by atoms with Crippen LogP contribution in [-0.4, -0.2) is 33.2 Å². The Morgan fingerprint density at radius 1 is 1.36 bits per heavy atom. The summed E-state index contributed by atoms with van der Waals surface area (Å²) < 4.78 is 37.7. The number of likely N-dealkylation sites (N-methyl/N-ethyl adjacent to an activating group) is 1. The molecule has 1 atom stereocenters. The molecule has 2 aromatic rings. The van der Waals surface area contributed by atoms with Gasteiger partial charge in [-0.3, -0.25) is 14.8 Å². The molecule has 22 heavy (non-hydrogen) atoms. The van der Waals surface area contributed by atoms with Gasteiger partial charge in [-0.05, 0) is 24.7 Å². The molecule has 1 aromatic heterocycles. The molecule has 0 bridgehead atoms. The molecule has 1 aromatic carbocycles. The summed E-state index contributed by atoms with van der Waals surface area (Å²) in [4.78, 5) is 13.0. The number of carboxylic acid groups (broad SMARTS) is 1. The van der Waals surface area contributed by atoms with Crippen molar-refractivity contribution < 1.29 is 23.1 Å². The summed E-state index contributed by atoms with van der Waals surface area (Å²) >= 11 is 0. The average Bonchev–Trinajstić information content (AvgIpc) is 2.90. The lowest BCUT2D eigenvalue weighted by Crippen LogP contribution is -2.30. The van der Waals surface area contributed by atoms with Crippen LogP contribution in [0.4, 0.5) is 13.2 Å². The normalized spacial score (nSPS) is 13.3. The molecule has 0 saturated carbocycles. The third-order valence-corrected chi connectivity index (χ3v) is 3.22. The van der Waals surface area contributed by atoms with Gasteiger partial charge in [0.15, 0.2) is 0 Å². The Morgan fingerprint density at radius 3 is 2.45 bits per heavy atom. The summed E-state index contributed by atoms with van der Waals surface area (Å²) in [6.45, 7) is 0.300. The van der Waals surface area contributed by atoms with E-state index >= 15 is 0 Å². The summed E-state index contributed by atoms with van der Waals surface area (Å²) in [5, 5.41) is 15.8. The van der Waals surface area contributed by atoms with Crippen molar-refractivity contribution in [1.82, 2.24) is 15.1 Å². The highest BCUT2D eigenvalue weighted by Crippen LogP contribution is 2.31. The Bertz CT molecular complexity index is 624. The maximum Gasteiger partial charge on any atom is 0.416 e. The number of benzene rings is 1. The van der Waals surface area contributed by atoms with E-state index in [1.54, 1.807) is 19.4 Å². The molecule has 0 amide bonds. The molecule has 5 nitrogen and oxygen atoms in total. The largest absolute Gasteiger partial charge is 0.480 e. The molecular formula is C14H14F3N3O2. The van der Waals surface area contributed by atoms with Gasteiger partial charge < -0.3 is 5.11 Å². The molecule has 2 N–H and O–H groups in total. The third kappa shape index (κ3) is 3.64. The fourth-order valence-corrected chi connectivity index (χ4v) is 2.18. The number of aliphatic carboxylic acids is 1. The predicted molar refractivity (Wildman–Crippen MR) is 71.9 cm³/mol. The molecule has 118 valence electrons. The molecular weight excluding hydrogens is 299 g/mol. The summed E-state index contributed by atoms with van der Waals surface area (Å²) in [7, 11) is 1.59. The summed E-state index contributed by atoms with van der Waals surface area (Å²) in [6, 6.07) is 3.10. The number of alkyl halides is 3. The van der Waals surface area contributed by atoms with Gasteiger partial charge in [0.05, 0.1) is 11.8 Å². The van der Waals surface area contributed by atoms with Crippen LogP contribution in [0.25, 0.3) is 0 Å². The highest BCUT2D eigenvalue weighted by atomic mass is 19.4. The van der Waals surface area contributed by atoms with Gasteiger partial charge >= 0.3 is 12.1 Å². The molecule has 0 radical (unpaired) electrons. The van der Waals surface area contributed by atoms with Crippen LogP contribution < -0.4 is 0 Å². The van der Waals surface area contributed by atoms with Crippen LogP contribution in [-0.2, 0) is 17.5 Å². The first kappa shape index (κ1) is 16.0. The van der Waals surface area contributed by atoms with E-state index in [4.69, 9.17) is 0 Å². The van der Waals surface area contributed by atoms with Gasteiger partial charge in [0, 0.05) is 18.3 Å². The number of hydrogen-bond donors (Lipinski definition) is 2. The molecule has 0 saturated heterocycles. The van der Waals surface area contributed by atoms with E-state index in [2.05, 4.69) is 10.2 Å². The summed E-state index contributed by atoms with van der Waals surface area (Å²) in [5.41, 5.74) is 0.255. The number of halogens is 3. The molecule has 0 aliphatic rings. The minimum atomic E-state index is -4.44. The van der Waals surface area contributed by atoms with Crippen LogP contribution in [0.5, 0.6) is 0 Å². The van der Waals surface area contributed by atoms with Crippen LogP contribution in [0.2, 0.25) is 0 Å². The minimum absolute atomic E-state index is 0.284. The van der Waals surface area contributed by atoms with E-state index in [1.807, 2.05) is 0 Å². The monoisotopic (exact) mass is 313 g/mol. The maximum atomic E-state index is 12.6. The van der Waals surface area contributed by atoms with Crippen molar-refractivity contribution in [3.8, 4) is 0 Å². The molecule has 0 fully saturated rings. The first-order valence-corrected chi connectivity index (χ1v) is 6.37. The van der Waals surface area contributed by atoms with Crippen molar-refractivity contribution in [3.63, 3.8) is 0 Å². The number of aromatic nitrogens is 2. The van der Waals surface area contributed by atoms with E-state index in [0.29, 0.717) is 6.54 Å². The van der Waals surface area contributed by atoms with E-state index < -0.39 is 23.8 Å². The molecule has 1 heterocycles. The van der Waals surface area contributed by atoms with Crippen molar-refractivity contribution in [3.05, 3.63) is 53.3 Å². The Labute approximate surface area is 124 Å². The number of nitrogens with zero attached hydrogens (tertiary/aromatic N) is 2. The second-order valence-corrected chi connectivity index (χ2v) is 4.88. The second-order valence-electron chi connectivity index (χ2n) is 4.88. The molecule has 8 heteroatoms. The van der Waals surface area contributed by atoms with Gasteiger partial charge in [0.25, 0.3) is 0 Å². The lowest BCUT2D eigenvalue weighted by Gasteiger charge is -2.24. The standard InChI is InChI=1S/C14H14F3N3O2/c1-20(8-9-6-18-19-7-9)12(13(21)22)10-2-4-11(5-3-10)14(15,16)17/h2-7,12H,8H2,1H3,(H,18,19)(H,21,22). The highest BCUT2D eigenvalue weighted by Gasteiger charge is 2.31. The Balaban J connectivity index is 2.22. The Morgan fingerprint density at radius 2 is 2.00 bits per heavy atom. The fourth-order valence-electron chi connectivity index (χ4n) is 2.18. The Kier molecular flexibility index (Phi) is 4.51. The molecule has 0 aliphatic carbocycles. The van der Waals surface area contributed by atoms with E-state index in [1.165, 1.54) is 17.0 Å². The van der Waals surface area contributed by atoms with Crippen molar-refractivity contribution in [1.29, 1.82) is 0 Å². The van der Waals surface area contributed by atoms with Gasteiger partial charge in [-0.2, -0.15) is 18.3 Å². The SMILES string of the molecule is CN(Cc1cn[nH]c1)C(C(=O)O)c1ccc(C(F)(F)F)cc1. The van der Waals surface area contributed by atoms with Gasteiger partial charge in [0.2, 0.25) is 0 Å². The fraction of sp³-hybridized carbons (Fsp3) is 0.286. The number of aromatic amines is 1. The second kappa shape index (κ2) is 6.18. The molecule has 2 rings (SSSR count).